The van der Waals surface area contributed by atoms with Gasteiger partial charge in [0.1, 0.15) is 0 Å². The number of amides is 1. The van der Waals surface area contributed by atoms with Crippen LogP contribution in [0.25, 0.3) is 0 Å². The molecule has 0 spiro atoms. The van der Waals surface area contributed by atoms with Crippen LogP contribution in [0.4, 0.5) is 0 Å². The monoisotopic (exact) mass is 360 g/mol. The summed E-state index contributed by atoms with van der Waals surface area (Å²) in [7, 11) is -3.67. The normalized spacial score (nSPS) is 14.8. The maximum atomic E-state index is 12.9. The lowest BCUT2D eigenvalue weighted by molar-refractivity contribution is 0.0364. The molecule has 0 radical (unpaired) electrons. The number of carbonyl (C=O) groups excluding carboxylic acids is 1. The lowest BCUT2D eigenvalue weighted by atomic mass is 10.0. The van der Waals surface area contributed by atoms with Crippen LogP contribution in [0.3, 0.4) is 0 Å². The lowest BCUT2D eigenvalue weighted by Crippen LogP contribution is -2.36. The van der Waals surface area contributed by atoms with E-state index in [1.807, 2.05) is 24.3 Å². The van der Waals surface area contributed by atoms with Gasteiger partial charge in [0, 0.05) is 18.7 Å². The third-order valence-corrected chi connectivity index (χ3v) is 5.98. The summed E-state index contributed by atoms with van der Waals surface area (Å²) in [5, 5.41) is 0. The molecule has 1 aliphatic rings. The third-order valence-electron chi connectivity index (χ3n) is 4.14. The summed E-state index contributed by atoms with van der Waals surface area (Å²) in [5.74, 6) is -0.470. The molecule has 3 rings (SSSR count). The predicted octanol–water partition coefficient (Wildman–Crippen LogP) is 2.11. The van der Waals surface area contributed by atoms with Gasteiger partial charge in [0.15, 0.2) is 0 Å². The Morgan fingerprint density at radius 1 is 1.16 bits per heavy atom. The van der Waals surface area contributed by atoms with E-state index >= 15 is 0 Å². The molecule has 0 bridgehead atoms. The van der Waals surface area contributed by atoms with E-state index in [0.29, 0.717) is 26.1 Å². The van der Waals surface area contributed by atoms with Crippen LogP contribution >= 0.6 is 0 Å². The maximum absolute atomic E-state index is 12.9. The van der Waals surface area contributed by atoms with E-state index in [9.17, 15) is 13.2 Å². The van der Waals surface area contributed by atoms with Crippen LogP contribution < -0.4 is 5.48 Å². The first kappa shape index (κ1) is 17.6. The Morgan fingerprint density at radius 3 is 2.68 bits per heavy atom. The molecule has 0 unspecified atom stereocenters. The molecule has 0 fully saturated rings. The second-order valence-electron chi connectivity index (χ2n) is 5.75. The summed E-state index contributed by atoms with van der Waals surface area (Å²) in [4.78, 5) is 17.0. The number of nitrogens with one attached hydrogen (secondary N) is 1. The summed E-state index contributed by atoms with van der Waals surface area (Å²) < 4.78 is 27.4. The number of fused-ring (bicyclic) bond motifs is 1. The van der Waals surface area contributed by atoms with E-state index in [1.165, 1.54) is 22.0 Å². The highest BCUT2D eigenvalue weighted by molar-refractivity contribution is 7.89. The van der Waals surface area contributed by atoms with Gasteiger partial charge in [0.05, 0.1) is 11.5 Å². The summed E-state index contributed by atoms with van der Waals surface area (Å²) in [5.41, 5.74) is 4.71. The van der Waals surface area contributed by atoms with Gasteiger partial charge >= 0.3 is 0 Å². The minimum atomic E-state index is -3.67. The van der Waals surface area contributed by atoms with Crippen molar-refractivity contribution >= 4 is 15.9 Å². The molecule has 0 saturated carbocycles. The largest absolute Gasteiger partial charge is 0.274 e. The number of nitrogens with zero attached hydrogens (tertiary/aromatic N) is 1. The van der Waals surface area contributed by atoms with Crippen molar-refractivity contribution < 1.29 is 18.0 Å². The van der Waals surface area contributed by atoms with E-state index < -0.39 is 15.9 Å². The molecule has 1 amide bonds. The Labute approximate surface area is 147 Å². The van der Waals surface area contributed by atoms with Gasteiger partial charge in [0.2, 0.25) is 10.0 Å². The molecular weight excluding hydrogens is 340 g/mol. The van der Waals surface area contributed by atoms with Gasteiger partial charge in [0.25, 0.3) is 5.91 Å². The highest BCUT2D eigenvalue weighted by Gasteiger charge is 2.28. The minimum absolute atomic E-state index is 0.107. The van der Waals surface area contributed by atoms with Crippen LogP contribution in [0.5, 0.6) is 0 Å². The zero-order chi connectivity index (χ0) is 17.9. The van der Waals surface area contributed by atoms with E-state index in [2.05, 4.69) is 5.48 Å². The Kier molecular flexibility index (Phi) is 5.17. The number of hydrogen-bond acceptors (Lipinski definition) is 4. The topological polar surface area (TPSA) is 75.7 Å². The zero-order valence-electron chi connectivity index (χ0n) is 13.9. The predicted molar refractivity (Wildman–Crippen MR) is 93.3 cm³/mol. The average molecular weight is 360 g/mol. The molecule has 1 aliphatic heterocycles. The molecule has 0 atom stereocenters. The summed E-state index contributed by atoms with van der Waals surface area (Å²) in [6.07, 6.45) is 0.680. The second-order valence-corrected chi connectivity index (χ2v) is 7.69. The van der Waals surface area contributed by atoms with Gasteiger partial charge in [-0.25, -0.2) is 13.9 Å². The molecular formula is C18H20N2O4S. The van der Waals surface area contributed by atoms with Gasteiger partial charge in [-0.15, -0.1) is 0 Å². The molecule has 0 aliphatic carbocycles. The lowest BCUT2D eigenvalue weighted by Gasteiger charge is -2.28. The van der Waals surface area contributed by atoms with Crippen LogP contribution in [0.2, 0.25) is 0 Å². The molecule has 1 N–H and O–H groups in total. The van der Waals surface area contributed by atoms with Gasteiger partial charge in [-0.3, -0.25) is 9.63 Å². The summed E-state index contributed by atoms with van der Waals surface area (Å²) in [6, 6.07) is 13.8. The fourth-order valence-corrected chi connectivity index (χ4v) is 4.28. The number of hydrogen-bond donors (Lipinski definition) is 1. The van der Waals surface area contributed by atoms with Crippen LogP contribution in [-0.4, -0.2) is 31.8 Å². The van der Waals surface area contributed by atoms with E-state index in [1.54, 1.807) is 19.1 Å². The van der Waals surface area contributed by atoms with Crippen molar-refractivity contribution in [3.63, 3.8) is 0 Å². The van der Waals surface area contributed by atoms with Crippen LogP contribution in [0, 0.1) is 0 Å². The van der Waals surface area contributed by atoms with Crippen molar-refractivity contribution in [1.29, 1.82) is 0 Å². The highest BCUT2D eigenvalue weighted by Crippen LogP contribution is 2.25. The average Bonchev–Trinajstić information content (AvgIpc) is 2.65. The van der Waals surface area contributed by atoms with E-state index in [0.717, 1.165) is 5.56 Å². The maximum Gasteiger partial charge on any atom is 0.274 e. The highest BCUT2D eigenvalue weighted by atomic mass is 32.2. The Hall–Kier alpha value is -2.22. The molecule has 7 heteroatoms. The third kappa shape index (κ3) is 3.73. The number of hydroxylamine groups is 1. The summed E-state index contributed by atoms with van der Waals surface area (Å²) in [6.45, 7) is 2.84. The molecule has 0 saturated heterocycles. The Morgan fingerprint density at radius 2 is 1.92 bits per heavy atom. The number of sulfonamides is 1. The van der Waals surface area contributed by atoms with Crippen LogP contribution in [-0.2, 0) is 27.8 Å². The first-order valence-electron chi connectivity index (χ1n) is 8.11. The van der Waals surface area contributed by atoms with Gasteiger partial charge in [-0.2, -0.15) is 4.31 Å². The number of rotatable bonds is 5. The Balaban J connectivity index is 1.85. The molecule has 2 aromatic rings. The SMILES string of the molecule is CCONC(=O)c1cccc(S(=O)(=O)N2CCc3ccccc3C2)c1. The molecule has 132 valence electrons. The van der Waals surface area contributed by atoms with Crippen LogP contribution in [0.15, 0.2) is 53.4 Å². The van der Waals surface area contributed by atoms with Crippen molar-refractivity contribution in [2.24, 2.45) is 0 Å². The molecule has 6 nitrogen and oxygen atoms in total. The first-order chi connectivity index (χ1) is 12.0. The fraction of sp³-hybridized carbons (Fsp3) is 0.278. The van der Waals surface area contributed by atoms with Crippen molar-refractivity contribution in [3.8, 4) is 0 Å². The zero-order valence-corrected chi connectivity index (χ0v) is 14.8. The number of carbonyl (C=O) groups is 1. The van der Waals surface area contributed by atoms with Crippen molar-refractivity contribution in [2.45, 2.75) is 24.8 Å². The summed E-state index contributed by atoms with van der Waals surface area (Å²) >= 11 is 0. The standard InChI is InChI=1S/C18H20N2O4S/c1-2-24-19-18(21)15-8-5-9-17(12-15)25(22,23)20-11-10-14-6-3-4-7-16(14)13-20/h3-9,12H,2,10-11,13H2,1H3,(H,19,21). The molecule has 0 aromatic heterocycles. The van der Waals surface area contributed by atoms with Gasteiger partial charge in [-0.1, -0.05) is 30.3 Å². The number of benzene rings is 2. The molecule has 1 heterocycles. The fourth-order valence-electron chi connectivity index (χ4n) is 2.82. The quantitative estimate of drug-likeness (QED) is 0.829. The van der Waals surface area contributed by atoms with Crippen molar-refractivity contribution in [3.05, 3.63) is 65.2 Å². The molecule has 25 heavy (non-hydrogen) atoms. The molecule has 2 aromatic carbocycles. The van der Waals surface area contributed by atoms with E-state index in [4.69, 9.17) is 4.84 Å². The minimum Gasteiger partial charge on any atom is -0.274 e. The second kappa shape index (κ2) is 7.35. The van der Waals surface area contributed by atoms with E-state index in [-0.39, 0.29) is 10.5 Å². The van der Waals surface area contributed by atoms with Crippen molar-refractivity contribution in [2.75, 3.05) is 13.2 Å². The van der Waals surface area contributed by atoms with Crippen molar-refractivity contribution in [1.82, 2.24) is 9.79 Å². The van der Waals surface area contributed by atoms with Gasteiger partial charge < -0.3 is 0 Å². The Bertz CT molecular complexity index is 880. The smallest absolute Gasteiger partial charge is 0.274 e. The first-order valence-corrected chi connectivity index (χ1v) is 9.55. The van der Waals surface area contributed by atoms with Crippen LogP contribution in [0.1, 0.15) is 28.4 Å². The van der Waals surface area contributed by atoms with Gasteiger partial charge in [-0.05, 0) is 42.7 Å².